The first-order valence-electron chi connectivity index (χ1n) is 10.4. The van der Waals surface area contributed by atoms with Crippen LogP contribution in [0.15, 0.2) is 53.5 Å². The summed E-state index contributed by atoms with van der Waals surface area (Å²) in [6.07, 6.45) is 2.08. The second-order valence-corrected chi connectivity index (χ2v) is 7.62. The van der Waals surface area contributed by atoms with Gasteiger partial charge in [-0.1, -0.05) is 36.4 Å². The number of hydrogen-bond acceptors (Lipinski definition) is 4. The molecule has 2 rings (SSSR count). The van der Waals surface area contributed by atoms with Crippen LogP contribution >= 0.6 is 0 Å². The largest absolute Gasteiger partial charge is 0.493 e. The highest BCUT2D eigenvalue weighted by Crippen LogP contribution is 2.31. The molecule has 0 saturated heterocycles. The third-order valence-corrected chi connectivity index (χ3v) is 5.19. The minimum absolute atomic E-state index is 0.156. The zero-order valence-corrected chi connectivity index (χ0v) is 19.1. The van der Waals surface area contributed by atoms with Crippen molar-refractivity contribution in [2.75, 3.05) is 41.9 Å². The molecule has 0 fully saturated rings. The lowest BCUT2D eigenvalue weighted by molar-refractivity contribution is 0.295. The first kappa shape index (κ1) is 23.5. The zero-order chi connectivity index (χ0) is 21.9. The molecule has 2 aromatic rings. The van der Waals surface area contributed by atoms with Crippen LogP contribution in [0.2, 0.25) is 0 Å². The van der Waals surface area contributed by atoms with Crippen LogP contribution < -0.4 is 20.1 Å². The summed E-state index contributed by atoms with van der Waals surface area (Å²) in [5.74, 6) is 2.28. The predicted molar refractivity (Wildman–Crippen MR) is 125 cm³/mol. The van der Waals surface area contributed by atoms with E-state index in [1.807, 2.05) is 12.1 Å². The first-order chi connectivity index (χ1) is 14.5. The molecule has 164 valence electrons. The van der Waals surface area contributed by atoms with Crippen LogP contribution in [0.1, 0.15) is 30.5 Å². The molecule has 2 aromatic carbocycles. The van der Waals surface area contributed by atoms with E-state index in [1.54, 1.807) is 21.3 Å². The topological polar surface area (TPSA) is 58.1 Å². The average molecular weight is 413 g/mol. The van der Waals surface area contributed by atoms with Gasteiger partial charge in [0, 0.05) is 19.6 Å². The van der Waals surface area contributed by atoms with Crippen molar-refractivity contribution in [3.63, 3.8) is 0 Å². The van der Waals surface area contributed by atoms with Gasteiger partial charge < -0.3 is 25.0 Å². The van der Waals surface area contributed by atoms with Gasteiger partial charge in [-0.25, -0.2) is 0 Å². The minimum atomic E-state index is 0.156. The van der Waals surface area contributed by atoms with E-state index >= 15 is 0 Å². The minimum Gasteiger partial charge on any atom is -0.493 e. The van der Waals surface area contributed by atoms with E-state index in [2.05, 4.69) is 77.9 Å². The van der Waals surface area contributed by atoms with Gasteiger partial charge in [0.05, 0.1) is 20.3 Å². The fourth-order valence-electron chi connectivity index (χ4n) is 3.38. The first-order valence-corrected chi connectivity index (χ1v) is 10.4. The van der Waals surface area contributed by atoms with Crippen molar-refractivity contribution in [3.05, 3.63) is 59.7 Å². The Balaban J connectivity index is 1.95. The summed E-state index contributed by atoms with van der Waals surface area (Å²) < 4.78 is 10.8. The number of nitrogens with one attached hydrogen (secondary N) is 2. The van der Waals surface area contributed by atoms with Gasteiger partial charge in [-0.15, -0.1) is 0 Å². The van der Waals surface area contributed by atoms with E-state index in [9.17, 15) is 0 Å². The molecule has 2 N–H and O–H groups in total. The number of methoxy groups -OCH3 is 2. The highest BCUT2D eigenvalue weighted by molar-refractivity contribution is 5.80. The van der Waals surface area contributed by atoms with Crippen LogP contribution in [0, 0.1) is 0 Å². The van der Waals surface area contributed by atoms with Gasteiger partial charge in [-0.2, -0.15) is 0 Å². The molecule has 0 radical (unpaired) electrons. The number of hydrogen-bond donors (Lipinski definition) is 2. The van der Waals surface area contributed by atoms with E-state index in [0.717, 1.165) is 35.9 Å². The van der Waals surface area contributed by atoms with Crippen molar-refractivity contribution < 1.29 is 9.47 Å². The number of aliphatic imine (C=N–C) groups is 1. The molecule has 0 aliphatic rings. The van der Waals surface area contributed by atoms with Crippen molar-refractivity contribution in [3.8, 4) is 11.5 Å². The van der Waals surface area contributed by atoms with Crippen LogP contribution in [-0.2, 0) is 6.42 Å². The Morgan fingerprint density at radius 2 is 1.73 bits per heavy atom. The second kappa shape index (κ2) is 12.1. The maximum Gasteiger partial charge on any atom is 0.191 e. The van der Waals surface area contributed by atoms with Crippen LogP contribution in [0.5, 0.6) is 11.5 Å². The van der Waals surface area contributed by atoms with E-state index in [4.69, 9.17) is 9.47 Å². The van der Waals surface area contributed by atoms with Crippen molar-refractivity contribution in [2.45, 2.75) is 31.8 Å². The molecule has 0 aliphatic carbocycles. The fourth-order valence-corrected chi connectivity index (χ4v) is 3.38. The van der Waals surface area contributed by atoms with E-state index in [-0.39, 0.29) is 6.04 Å². The SMILES string of the molecule is CN=C(NCC(c1ccc(OC)c(OC)c1)N(C)C)NC(C)CCc1ccccc1. The highest BCUT2D eigenvalue weighted by atomic mass is 16.5. The smallest absolute Gasteiger partial charge is 0.191 e. The van der Waals surface area contributed by atoms with Crippen molar-refractivity contribution >= 4 is 5.96 Å². The van der Waals surface area contributed by atoms with Gasteiger partial charge in [-0.3, -0.25) is 4.99 Å². The molecule has 0 spiro atoms. The Morgan fingerprint density at radius 1 is 1.03 bits per heavy atom. The van der Waals surface area contributed by atoms with Gasteiger partial charge in [0.25, 0.3) is 0 Å². The lowest BCUT2D eigenvalue weighted by atomic mass is 10.0. The summed E-state index contributed by atoms with van der Waals surface area (Å²) in [4.78, 5) is 6.58. The van der Waals surface area contributed by atoms with Crippen LogP contribution in [-0.4, -0.2) is 58.8 Å². The van der Waals surface area contributed by atoms with Crippen LogP contribution in [0.25, 0.3) is 0 Å². The molecule has 0 heterocycles. The highest BCUT2D eigenvalue weighted by Gasteiger charge is 2.17. The van der Waals surface area contributed by atoms with Gasteiger partial charge in [-0.05, 0) is 57.1 Å². The quantitative estimate of drug-likeness (QED) is 0.462. The third-order valence-electron chi connectivity index (χ3n) is 5.19. The second-order valence-electron chi connectivity index (χ2n) is 7.62. The summed E-state index contributed by atoms with van der Waals surface area (Å²) in [5.41, 5.74) is 2.51. The summed E-state index contributed by atoms with van der Waals surface area (Å²) >= 11 is 0. The Bertz CT molecular complexity index is 793. The van der Waals surface area contributed by atoms with Crippen LogP contribution in [0.4, 0.5) is 0 Å². The van der Waals surface area contributed by atoms with Crippen LogP contribution in [0.3, 0.4) is 0 Å². The number of guanidine groups is 1. The molecule has 2 unspecified atom stereocenters. The third kappa shape index (κ3) is 6.95. The Kier molecular flexibility index (Phi) is 9.48. The molecule has 0 aliphatic heterocycles. The summed E-state index contributed by atoms with van der Waals surface area (Å²) in [7, 11) is 9.26. The number of rotatable bonds is 10. The number of likely N-dealkylation sites (N-methyl/N-ethyl adjacent to an activating group) is 1. The maximum atomic E-state index is 5.47. The number of nitrogens with zero attached hydrogens (tertiary/aromatic N) is 2. The Hall–Kier alpha value is -2.73. The monoisotopic (exact) mass is 412 g/mol. The van der Waals surface area contributed by atoms with Gasteiger partial charge in [0.1, 0.15) is 0 Å². The predicted octanol–water partition coefficient (Wildman–Crippen LogP) is 3.49. The van der Waals surface area contributed by atoms with E-state index < -0.39 is 0 Å². The molecular weight excluding hydrogens is 376 g/mol. The van der Waals surface area contributed by atoms with E-state index in [1.165, 1.54) is 5.56 Å². The molecule has 6 heteroatoms. The molecular formula is C24H36N4O2. The normalized spacial score (nSPS) is 13.6. The standard InChI is InChI=1S/C24H36N4O2/c1-18(12-13-19-10-8-7-9-11-19)27-24(25-2)26-17-21(28(3)4)20-14-15-22(29-5)23(16-20)30-6/h7-11,14-16,18,21H,12-13,17H2,1-6H3,(H2,25,26,27). The van der Waals surface area contributed by atoms with Crippen molar-refractivity contribution in [1.82, 2.24) is 15.5 Å². The zero-order valence-electron chi connectivity index (χ0n) is 19.1. The van der Waals surface area contributed by atoms with E-state index in [0.29, 0.717) is 12.6 Å². The summed E-state index contributed by atoms with van der Waals surface area (Å²) in [6, 6.07) is 17.1. The molecule has 0 saturated carbocycles. The maximum absolute atomic E-state index is 5.47. The molecule has 30 heavy (non-hydrogen) atoms. The number of benzene rings is 2. The lowest BCUT2D eigenvalue weighted by Gasteiger charge is -2.27. The van der Waals surface area contributed by atoms with Crippen molar-refractivity contribution in [1.29, 1.82) is 0 Å². The Morgan fingerprint density at radius 3 is 2.33 bits per heavy atom. The lowest BCUT2D eigenvalue weighted by Crippen LogP contribution is -2.45. The van der Waals surface area contributed by atoms with Gasteiger partial charge >= 0.3 is 0 Å². The molecule has 0 bridgehead atoms. The summed E-state index contributed by atoms with van der Waals surface area (Å²) in [5, 5.41) is 6.97. The summed E-state index contributed by atoms with van der Waals surface area (Å²) in [6.45, 7) is 2.90. The fraction of sp³-hybridized carbons (Fsp3) is 0.458. The molecule has 2 atom stereocenters. The Labute approximate surface area is 181 Å². The number of ether oxygens (including phenoxy) is 2. The molecule has 0 amide bonds. The van der Waals surface area contributed by atoms with Gasteiger partial charge in [0.2, 0.25) is 0 Å². The number of aryl methyl sites for hydroxylation is 1. The molecule has 6 nitrogen and oxygen atoms in total. The average Bonchev–Trinajstić information content (AvgIpc) is 2.77. The van der Waals surface area contributed by atoms with Crippen molar-refractivity contribution in [2.24, 2.45) is 4.99 Å². The van der Waals surface area contributed by atoms with Gasteiger partial charge in [0.15, 0.2) is 17.5 Å². The molecule has 0 aromatic heterocycles.